The lowest BCUT2D eigenvalue weighted by Crippen LogP contribution is -2.17. The van der Waals surface area contributed by atoms with Gasteiger partial charge in [-0.1, -0.05) is 6.07 Å². The number of hydrogen-bond acceptors (Lipinski definition) is 4. The molecule has 0 N–H and O–H groups in total. The van der Waals surface area contributed by atoms with E-state index >= 15 is 0 Å². The molecule has 0 amide bonds. The van der Waals surface area contributed by atoms with E-state index in [2.05, 4.69) is 14.7 Å². The number of methoxy groups -OCH3 is 1. The van der Waals surface area contributed by atoms with Crippen LogP contribution in [0.25, 0.3) is 16.9 Å². The van der Waals surface area contributed by atoms with Gasteiger partial charge in [0.2, 0.25) is 5.78 Å². The Labute approximate surface area is 135 Å². The molecule has 3 aromatic rings. The van der Waals surface area contributed by atoms with E-state index in [1.54, 1.807) is 18.5 Å². The highest BCUT2D eigenvalue weighted by molar-refractivity contribution is 5.67. The van der Waals surface area contributed by atoms with Crippen LogP contribution in [0.15, 0.2) is 36.8 Å². The first kappa shape index (κ1) is 16.3. The van der Waals surface area contributed by atoms with Gasteiger partial charge in [0.25, 0.3) is 0 Å². The van der Waals surface area contributed by atoms with Crippen molar-refractivity contribution in [3.63, 3.8) is 0 Å². The number of rotatable bonds is 4. The summed E-state index contributed by atoms with van der Waals surface area (Å²) >= 11 is 0. The Hall–Kier alpha value is -2.61. The molecule has 8 heteroatoms. The van der Waals surface area contributed by atoms with Gasteiger partial charge in [0, 0.05) is 30.8 Å². The van der Waals surface area contributed by atoms with Crippen molar-refractivity contribution in [2.75, 3.05) is 7.11 Å². The molecule has 1 aromatic carbocycles. The molecule has 3 rings (SSSR count). The number of nitrogens with zero attached hydrogens (tertiary/aromatic N) is 3. The van der Waals surface area contributed by atoms with Crippen LogP contribution in [0, 0.1) is 6.92 Å². The van der Waals surface area contributed by atoms with Crippen LogP contribution in [0.3, 0.4) is 0 Å². The smallest absolute Gasteiger partial charge is 0.406 e. The van der Waals surface area contributed by atoms with Gasteiger partial charge in [0.15, 0.2) is 0 Å². The molecule has 2 heterocycles. The molecule has 126 valence electrons. The molecule has 0 saturated heterocycles. The van der Waals surface area contributed by atoms with Gasteiger partial charge in [-0.05, 0) is 30.2 Å². The summed E-state index contributed by atoms with van der Waals surface area (Å²) in [6.07, 6.45) is 0.423. The number of aromatic nitrogens is 3. The number of fused-ring (bicyclic) bond motifs is 1. The van der Waals surface area contributed by atoms with E-state index in [1.165, 1.54) is 19.2 Å². The number of aryl methyl sites for hydroxylation is 1. The van der Waals surface area contributed by atoms with Gasteiger partial charge in [-0.2, -0.15) is 0 Å². The average Bonchev–Trinajstić information content (AvgIpc) is 2.87. The highest BCUT2D eigenvalue weighted by Crippen LogP contribution is 2.30. The normalized spacial score (nSPS) is 11.9. The average molecular weight is 337 g/mol. The van der Waals surface area contributed by atoms with Gasteiger partial charge >= 0.3 is 6.36 Å². The van der Waals surface area contributed by atoms with Crippen LogP contribution in [0.4, 0.5) is 13.2 Å². The molecule has 0 bridgehead atoms. The second-order valence-corrected chi connectivity index (χ2v) is 5.21. The lowest BCUT2D eigenvalue weighted by molar-refractivity contribution is -0.274. The minimum atomic E-state index is -4.74. The molecule has 2 aromatic heterocycles. The van der Waals surface area contributed by atoms with Crippen molar-refractivity contribution >= 4 is 5.78 Å². The van der Waals surface area contributed by atoms with Crippen molar-refractivity contribution in [3.05, 3.63) is 48.0 Å². The molecule has 0 aliphatic carbocycles. The van der Waals surface area contributed by atoms with Crippen molar-refractivity contribution < 1.29 is 22.6 Å². The number of imidazole rings is 1. The van der Waals surface area contributed by atoms with Crippen LogP contribution in [-0.4, -0.2) is 27.8 Å². The van der Waals surface area contributed by atoms with Gasteiger partial charge < -0.3 is 9.47 Å². The van der Waals surface area contributed by atoms with Crippen molar-refractivity contribution in [2.24, 2.45) is 0 Å². The maximum absolute atomic E-state index is 12.4. The summed E-state index contributed by atoms with van der Waals surface area (Å²) in [4.78, 5) is 8.41. The summed E-state index contributed by atoms with van der Waals surface area (Å²) in [5.74, 6) is 0.271. The molecule has 0 fully saturated rings. The lowest BCUT2D eigenvalue weighted by Gasteiger charge is -2.14. The SMILES string of the molecule is COCc1cc(OC(F)(F)F)ccc1-c1cnc2ncc(C)n2c1. The summed E-state index contributed by atoms with van der Waals surface area (Å²) in [5.41, 5.74) is 2.94. The number of alkyl halides is 3. The first-order chi connectivity index (χ1) is 11.4. The molecule has 0 atom stereocenters. The standard InChI is InChI=1S/C16H14F3N3O2/c1-10-6-20-15-21-7-12(8-22(10)15)14-4-3-13(24-16(17,18)19)5-11(14)9-23-2/h3-8H,9H2,1-2H3. The first-order valence-corrected chi connectivity index (χ1v) is 7.05. The third-order valence-electron chi connectivity index (χ3n) is 3.47. The monoisotopic (exact) mass is 337 g/mol. The van der Waals surface area contributed by atoms with Crippen molar-refractivity contribution in [3.8, 4) is 16.9 Å². The molecule has 0 aliphatic rings. The molecule has 0 aliphatic heterocycles. The van der Waals surface area contributed by atoms with Crippen LogP contribution in [0.1, 0.15) is 11.3 Å². The summed E-state index contributed by atoms with van der Waals surface area (Å²) in [6.45, 7) is 2.03. The van der Waals surface area contributed by atoms with E-state index in [0.717, 1.165) is 11.3 Å². The van der Waals surface area contributed by atoms with Gasteiger partial charge in [0.05, 0.1) is 12.8 Å². The highest BCUT2D eigenvalue weighted by atomic mass is 19.4. The minimum absolute atomic E-state index is 0.144. The maximum Gasteiger partial charge on any atom is 0.573 e. The third-order valence-corrected chi connectivity index (χ3v) is 3.47. The van der Waals surface area contributed by atoms with Crippen molar-refractivity contribution in [1.29, 1.82) is 0 Å². The number of ether oxygens (including phenoxy) is 2. The topological polar surface area (TPSA) is 48.7 Å². The Morgan fingerprint density at radius 2 is 1.92 bits per heavy atom. The van der Waals surface area contributed by atoms with E-state index in [4.69, 9.17) is 4.74 Å². The van der Waals surface area contributed by atoms with Crippen LogP contribution in [0.2, 0.25) is 0 Å². The summed E-state index contributed by atoms with van der Waals surface area (Å²) in [5, 5.41) is 0. The van der Waals surface area contributed by atoms with Crippen molar-refractivity contribution in [2.45, 2.75) is 19.9 Å². The van der Waals surface area contributed by atoms with Crippen LogP contribution in [0.5, 0.6) is 5.75 Å². The fourth-order valence-electron chi connectivity index (χ4n) is 2.45. The van der Waals surface area contributed by atoms with Crippen LogP contribution in [-0.2, 0) is 11.3 Å². The fraction of sp³-hybridized carbons (Fsp3) is 0.250. The summed E-state index contributed by atoms with van der Waals surface area (Å²) in [7, 11) is 1.47. The Morgan fingerprint density at radius 1 is 1.17 bits per heavy atom. The zero-order chi connectivity index (χ0) is 17.3. The second kappa shape index (κ2) is 6.12. The molecule has 0 unspecified atom stereocenters. The molecule has 5 nitrogen and oxygen atoms in total. The number of benzene rings is 1. The molecule has 0 radical (unpaired) electrons. The van der Waals surface area contributed by atoms with Gasteiger partial charge in [-0.25, -0.2) is 9.97 Å². The first-order valence-electron chi connectivity index (χ1n) is 7.05. The molecule has 24 heavy (non-hydrogen) atoms. The van der Waals surface area contributed by atoms with Crippen LogP contribution < -0.4 is 4.74 Å². The van der Waals surface area contributed by atoms with E-state index < -0.39 is 6.36 Å². The third kappa shape index (κ3) is 3.33. The predicted octanol–water partition coefficient (Wildman–Crippen LogP) is 3.75. The van der Waals surface area contributed by atoms with E-state index in [0.29, 0.717) is 16.9 Å². The maximum atomic E-state index is 12.4. The minimum Gasteiger partial charge on any atom is -0.406 e. The van der Waals surface area contributed by atoms with E-state index in [9.17, 15) is 13.2 Å². The van der Waals surface area contributed by atoms with E-state index in [1.807, 2.05) is 17.5 Å². The molecular weight excluding hydrogens is 323 g/mol. The summed E-state index contributed by atoms with van der Waals surface area (Å²) < 4.78 is 48.1. The Balaban J connectivity index is 2.05. The van der Waals surface area contributed by atoms with Gasteiger partial charge in [-0.3, -0.25) is 4.40 Å². The van der Waals surface area contributed by atoms with Crippen LogP contribution >= 0.6 is 0 Å². The quantitative estimate of drug-likeness (QED) is 0.727. The zero-order valence-electron chi connectivity index (χ0n) is 13.0. The fourth-order valence-corrected chi connectivity index (χ4v) is 2.45. The van der Waals surface area contributed by atoms with Gasteiger partial charge in [0.1, 0.15) is 5.75 Å². The molecular formula is C16H14F3N3O2. The number of halogens is 3. The lowest BCUT2D eigenvalue weighted by atomic mass is 10.0. The molecule has 0 spiro atoms. The molecule has 0 saturated carbocycles. The predicted molar refractivity (Wildman–Crippen MR) is 80.6 cm³/mol. The second-order valence-electron chi connectivity index (χ2n) is 5.21. The van der Waals surface area contributed by atoms with Crippen molar-refractivity contribution in [1.82, 2.24) is 14.4 Å². The number of hydrogen-bond donors (Lipinski definition) is 0. The highest BCUT2D eigenvalue weighted by Gasteiger charge is 2.31. The summed E-state index contributed by atoms with van der Waals surface area (Å²) in [6, 6.07) is 4.15. The van der Waals surface area contributed by atoms with E-state index in [-0.39, 0.29) is 12.4 Å². The zero-order valence-corrected chi connectivity index (χ0v) is 13.0. The largest absolute Gasteiger partial charge is 0.573 e. The Bertz CT molecular complexity index is 875. The Kier molecular flexibility index (Phi) is 4.15. The Morgan fingerprint density at radius 3 is 2.62 bits per heavy atom. The van der Waals surface area contributed by atoms with Gasteiger partial charge in [-0.15, -0.1) is 13.2 Å².